The largest absolute Gasteiger partial charge is 0.393 e. The van der Waals surface area contributed by atoms with Crippen LogP contribution in [0.15, 0.2) is 12.2 Å². The second-order valence-electron chi connectivity index (χ2n) is 10.2. The van der Waals surface area contributed by atoms with E-state index in [1.165, 1.54) is 56.9 Å². The minimum absolute atomic E-state index is 0.0145. The van der Waals surface area contributed by atoms with Gasteiger partial charge in [0.1, 0.15) is 0 Å². The smallest absolute Gasteiger partial charge is 0.0543 e. The highest BCUT2D eigenvalue weighted by molar-refractivity contribution is 5.15. The zero-order valence-corrected chi connectivity index (χ0v) is 16.2. The van der Waals surface area contributed by atoms with Gasteiger partial charge in [-0.05, 0) is 112 Å². The van der Waals surface area contributed by atoms with Crippen molar-refractivity contribution in [3.05, 3.63) is 12.2 Å². The van der Waals surface area contributed by atoms with E-state index in [0.717, 1.165) is 42.4 Å². The molecule has 0 aromatic carbocycles. The van der Waals surface area contributed by atoms with E-state index < -0.39 is 0 Å². The third-order valence-electron chi connectivity index (χ3n) is 9.59. The first-order valence-electron chi connectivity index (χ1n) is 10.8. The van der Waals surface area contributed by atoms with Crippen LogP contribution in [-0.4, -0.2) is 11.2 Å². The van der Waals surface area contributed by atoms with Crippen molar-refractivity contribution in [2.24, 2.45) is 40.4 Å². The third-order valence-corrected chi connectivity index (χ3v) is 9.59. The highest BCUT2D eigenvalue weighted by atomic mass is 16.3. The summed E-state index contributed by atoms with van der Waals surface area (Å²) >= 11 is 0. The van der Waals surface area contributed by atoms with Gasteiger partial charge in [0, 0.05) is 0 Å². The lowest BCUT2D eigenvalue weighted by molar-refractivity contribution is -0.135. The standard InChI is InChI=1S/C23H38O/c1-5-23-13-10-17(24)14-16(23)6-7-18-20-9-8-19(15(2)3)22(20,4)12-11-21(18)23/h16-21,24H,2,5-14H2,1,3-4H3/t16-,17+,18-,19+,20-,21-,22+,23-/m0/s1. The lowest BCUT2D eigenvalue weighted by Gasteiger charge is -2.62. The van der Waals surface area contributed by atoms with E-state index in [-0.39, 0.29) is 6.10 Å². The van der Waals surface area contributed by atoms with E-state index in [1.54, 1.807) is 0 Å². The lowest BCUT2D eigenvalue weighted by atomic mass is 9.43. The van der Waals surface area contributed by atoms with Crippen molar-refractivity contribution in [1.82, 2.24) is 0 Å². The fourth-order valence-corrected chi connectivity index (χ4v) is 8.55. The molecular formula is C23H38O. The first-order chi connectivity index (χ1) is 11.4. The number of fused-ring (bicyclic) bond motifs is 5. The van der Waals surface area contributed by atoms with Crippen LogP contribution in [0.25, 0.3) is 0 Å². The first-order valence-corrected chi connectivity index (χ1v) is 10.8. The van der Waals surface area contributed by atoms with E-state index >= 15 is 0 Å². The summed E-state index contributed by atoms with van der Waals surface area (Å²) in [5.74, 6) is 4.41. The Kier molecular flexibility index (Phi) is 4.18. The molecule has 0 aromatic heterocycles. The minimum atomic E-state index is -0.0145. The van der Waals surface area contributed by atoms with Gasteiger partial charge >= 0.3 is 0 Å². The molecule has 0 saturated heterocycles. The Balaban J connectivity index is 1.64. The number of aliphatic hydroxyl groups excluding tert-OH is 1. The molecule has 4 aliphatic rings. The summed E-state index contributed by atoms with van der Waals surface area (Å²) in [5.41, 5.74) is 2.53. The molecule has 0 aromatic rings. The molecule has 0 radical (unpaired) electrons. The molecule has 0 aliphatic heterocycles. The van der Waals surface area contributed by atoms with Crippen molar-refractivity contribution < 1.29 is 5.11 Å². The number of allylic oxidation sites excluding steroid dienone is 1. The summed E-state index contributed by atoms with van der Waals surface area (Å²) in [6, 6.07) is 0. The van der Waals surface area contributed by atoms with Crippen LogP contribution >= 0.6 is 0 Å². The topological polar surface area (TPSA) is 20.2 Å². The molecule has 24 heavy (non-hydrogen) atoms. The molecule has 4 fully saturated rings. The second kappa shape index (κ2) is 5.86. The van der Waals surface area contributed by atoms with E-state index in [4.69, 9.17) is 0 Å². The van der Waals surface area contributed by atoms with E-state index in [1.807, 2.05) is 0 Å². The maximum absolute atomic E-state index is 10.2. The summed E-state index contributed by atoms with van der Waals surface area (Å²) in [5, 5.41) is 10.2. The molecule has 1 nitrogen and oxygen atoms in total. The van der Waals surface area contributed by atoms with Gasteiger partial charge in [-0.25, -0.2) is 0 Å². The summed E-state index contributed by atoms with van der Waals surface area (Å²) in [4.78, 5) is 0. The van der Waals surface area contributed by atoms with Gasteiger partial charge in [-0.1, -0.05) is 26.0 Å². The van der Waals surface area contributed by atoms with Crippen molar-refractivity contribution in [3.8, 4) is 0 Å². The van der Waals surface area contributed by atoms with E-state index in [2.05, 4.69) is 27.4 Å². The van der Waals surface area contributed by atoms with Crippen LogP contribution in [0.4, 0.5) is 0 Å². The molecule has 0 heterocycles. The molecular weight excluding hydrogens is 292 g/mol. The number of rotatable bonds is 2. The van der Waals surface area contributed by atoms with Crippen molar-refractivity contribution in [2.45, 2.75) is 91.1 Å². The summed E-state index contributed by atoms with van der Waals surface area (Å²) < 4.78 is 0. The fraction of sp³-hybridized carbons (Fsp3) is 0.913. The average molecular weight is 331 g/mol. The summed E-state index contributed by atoms with van der Waals surface area (Å²) in [7, 11) is 0. The molecule has 8 atom stereocenters. The van der Waals surface area contributed by atoms with Crippen LogP contribution in [0.3, 0.4) is 0 Å². The Hall–Kier alpha value is -0.300. The van der Waals surface area contributed by atoms with Gasteiger partial charge in [0.15, 0.2) is 0 Å². The Morgan fingerprint density at radius 2 is 1.83 bits per heavy atom. The zero-order chi connectivity index (χ0) is 17.1. The van der Waals surface area contributed by atoms with Gasteiger partial charge in [-0.15, -0.1) is 0 Å². The molecule has 0 bridgehead atoms. The number of aliphatic hydroxyl groups is 1. The Labute approximate surface area is 149 Å². The van der Waals surface area contributed by atoms with Crippen LogP contribution in [0.5, 0.6) is 0 Å². The highest BCUT2D eigenvalue weighted by Crippen LogP contribution is 2.68. The van der Waals surface area contributed by atoms with Gasteiger partial charge in [-0.2, -0.15) is 0 Å². The van der Waals surface area contributed by atoms with E-state index in [0.29, 0.717) is 10.8 Å². The fourth-order valence-electron chi connectivity index (χ4n) is 8.55. The monoisotopic (exact) mass is 330 g/mol. The predicted molar refractivity (Wildman–Crippen MR) is 101 cm³/mol. The van der Waals surface area contributed by atoms with Gasteiger partial charge in [0.05, 0.1) is 6.10 Å². The second-order valence-corrected chi connectivity index (χ2v) is 10.2. The Morgan fingerprint density at radius 3 is 2.54 bits per heavy atom. The van der Waals surface area contributed by atoms with Crippen molar-refractivity contribution >= 4 is 0 Å². The molecule has 1 heteroatoms. The molecule has 4 rings (SSSR count). The Morgan fingerprint density at radius 1 is 1.04 bits per heavy atom. The maximum Gasteiger partial charge on any atom is 0.0543 e. The van der Waals surface area contributed by atoms with Gasteiger partial charge in [0.2, 0.25) is 0 Å². The molecule has 1 N–H and O–H groups in total. The van der Waals surface area contributed by atoms with Crippen molar-refractivity contribution in [2.75, 3.05) is 0 Å². The number of hydrogen-bond donors (Lipinski definition) is 1. The lowest BCUT2D eigenvalue weighted by Crippen LogP contribution is -2.54. The molecule has 0 spiro atoms. The molecule has 136 valence electrons. The normalized spacial score (nSPS) is 53.8. The van der Waals surface area contributed by atoms with Gasteiger partial charge in [-0.3, -0.25) is 0 Å². The SMILES string of the molecule is C=C(C)[C@H]1CC[C@H]2[C@@H]3CC[C@H]4C[C@H](O)CC[C@]4(CC)[C@H]3CC[C@]12C. The Bertz CT molecular complexity index is 510. The molecule has 4 aliphatic carbocycles. The van der Waals surface area contributed by atoms with Crippen LogP contribution in [0, 0.1) is 40.4 Å². The van der Waals surface area contributed by atoms with Gasteiger partial charge in [0.25, 0.3) is 0 Å². The van der Waals surface area contributed by atoms with Gasteiger partial charge < -0.3 is 5.11 Å². The first kappa shape index (κ1) is 17.1. The maximum atomic E-state index is 10.2. The zero-order valence-electron chi connectivity index (χ0n) is 16.2. The quantitative estimate of drug-likeness (QED) is 0.618. The number of hydrogen-bond acceptors (Lipinski definition) is 1. The van der Waals surface area contributed by atoms with Crippen LogP contribution < -0.4 is 0 Å². The van der Waals surface area contributed by atoms with Crippen LogP contribution in [-0.2, 0) is 0 Å². The summed E-state index contributed by atoms with van der Waals surface area (Å²) in [6.07, 6.45) is 13.3. The molecule has 4 saturated carbocycles. The highest BCUT2D eigenvalue weighted by Gasteiger charge is 2.60. The molecule has 0 unspecified atom stereocenters. The minimum Gasteiger partial charge on any atom is -0.393 e. The van der Waals surface area contributed by atoms with Crippen molar-refractivity contribution in [3.63, 3.8) is 0 Å². The average Bonchev–Trinajstić information content (AvgIpc) is 2.91. The third kappa shape index (κ3) is 2.22. The predicted octanol–water partition coefficient (Wildman–Crippen LogP) is 5.97. The van der Waals surface area contributed by atoms with Crippen LogP contribution in [0.1, 0.15) is 85.0 Å². The van der Waals surface area contributed by atoms with Crippen molar-refractivity contribution in [1.29, 1.82) is 0 Å². The summed E-state index contributed by atoms with van der Waals surface area (Å²) in [6.45, 7) is 11.7. The van der Waals surface area contributed by atoms with Crippen LogP contribution in [0.2, 0.25) is 0 Å². The van der Waals surface area contributed by atoms with E-state index in [9.17, 15) is 5.11 Å². The molecule has 0 amide bonds.